The molecule has 2 amide bonds. The number of amides is 2. The minimum absolute atomic E-state index is 0.00341. The second-order valence-electron chi connectivity index (χ2n) is 9.58. The van der Waals surface area contributed by atoms with Gasteiger partial charge >= 0.3 is 11.9 Å². The van der Waals surface area contributed by atoms with Gasteiger partial charge in [0.2, 0.25) is 6.10 Å². The van der Waals surface area contributed by atoms with Crippen LogP contribution in [0.25, 0.3) is 0 Å². The Morgan fingerprint density at radius 1 is 1.33 bits per heavy atom. The van der Waals surface area contributed by atoms with Crippen molar-refractivity contribution in [1.29, 1.82) is 0 Å². The average Bonchev–Trinajstić information content (AvgIpc) is 3.26. The van der Waals surface area contributed by atoms with E-state index >= 15 is 0 Å². The van der Waals surface area contributed by atoms with Gasteiger partial charge in [-0.25, -0.2) is 19.1 Å². The Bertz CT molecular complexity index is 1490. The molecule has 5 rings (SSSR count). The molecular formula is C24H26ClN8O7S2+. The van der Waals surface area contributed by atoms with E-state index in [1.165, 1.54) is 18.7 Å². The number of carbonyl (C=O) groups excluding carboxylic acids is 2. The number of pyridine rings is 1. The summed E-state index contributed by atoms with van der Waals surface area (Å²) in [6, 6.07) is 3.09. The molecule has 0 aromatic carbocycles. The lowest BCUT2D eigenvalue weighted by atomic mass is 10.0. The van der Waals surface area contributed by atoms with Gasteiger partial charge in [-0.15, -0.1) is 11.8 Å². The fourth-order valence-corrected chi connectivity index (χ4v) is 6.62. The Hall–Kier alpha value is -3.93. The number of nitrogens with zero attached hydrogens (tertiary/aromatic N) is 4. The number of carbonyl (C=O) groups is 4. The molecule has 0 unspecified atom stereocenters. The number of carboxylic acids is 2. The van der Waals surface area contributed by atoms with E-state index in [0.29, 0.717) is 17.4 Å². The number of nitrogens with one attached hydrogen (secondary N) is 3. The molecule has 18 heteroatoms. The Balaban J connectivity index is 1.31. The van der Waals surface area contributed by atoms with E-state index in [2.05, 4.69) is 26.1 Å². The summed E-state index contributed by atoms with van der Waals surface area (Å²) in [7, 11) is 0. The molecule has 2 aromatic heterocycles. The molecule has 5 heterocycles. The molecule has 42 heavy (non-hydrogen) atoms. The largest absolute Gasteiger partial charge is 0.478 e. The van der Waals surface area contributed by atoms with Crippen molar-refractivity contribution in [1.82, 2.24) is 20.5 Å². The predicted molar refractivity (Wildman–Crippen MR) is 153 cm³/mol. The van der Waals surface area contributed by atoms with Gasteiger partial charge in [0, 0.05) is 42.2 Å². The van der Waals surface area contributed by atoms with E-state index in [0.717, 1.165) is 35.0 Å². The zero-order chi connectivity index (χ0) is 30.1. The van der Waals surface area contributed by atoms with Crippen LogP contribution < -0.4 is 26.3 Å². The Morgan fingerprint density at radius 2 is 2.05 bits per heavy atom. The fraction of sp³-hybridized carbons (Fsp3) is 0.375. The number of aliphatic carboxylic acids is 2. The molecule has 3 aliphatic heterocycles. The van der Waals surface area contributed by atoms with Crippen LogP contribution in [0.1, 0.15) is 12.6 Å². The lowest BCUT2D eigenvalue weighted by molar-refractivity contribution is -0.688. The van der Waals surface area contributed by atoms with Crippen LogP contribution in [0.15, 0.2) is 41.0 Å². The molecule has 0 radical (unpaired) electrons. The first-order valence-corrected chi connectivity index (χ1v) is 14.8. The SMILES string of the molecule is C[C@H](O/N=C(\C(=O)N[C@@H]1C(=O)N2C(C(=O)O)=C(C[n+]3ccc(NC4CNC4)cc3)CS[C@H]12)c1nc(N)sc1Cl)C(=O)O. The zero-order valence-electron chi connectivity index (χ0n) is 21.9. The first-order chi connectivity index (χ1) is 20.0. The molecule has 0 saturated carbocycles. The lowest BCUT2D eigenvalue weighted by Gasteiger charge is -2.49. The predicted octanol–water partition coefficient (Wildman–Crippen LogP) is -0.317. The maximum Gasteiger partial charge on any atom is 0.352 e. The number of nitrogens with two attached hydrogens (primary N) is 1. The highest BCUT2D eigenvalue weighted by Gasteiger charge is 2.55. The van der Waals surface area contributed by atoms with Crippen LogP contribution in [0.3, 0.4) is 0 Å². The normalized spacial score (nSPS) is 21.1. The number of thiazole rings is 1. The molecule has 0 spiro atoms. The van der Waals surface area contributed by atoms with Crippen molar-refractivity contribution in [2.45, 2.75) is 37.0 Å². The van der Waals surface area contributed by atoms with Gasteiger partial charge < -0.3 is 36.7 Å². The second kappa shape index (κ2) is 12.1. The number of β-lactam (4-membered cyclic amide) rings is 1. The van der Waals surface area contributed by atoms with Gasteiger partial charge in [0.05, 0.1) is 6.04 Å². The summed E-state index contributed by atoms with van der Waals surface area (Å²) >= 11 is 8.31. The van der Waals surface area contributed by atoms with Crippen molar-refractivity contribution < 1.29 is 38.8 Å². The molecule has 3 atom stereocenters. The highest BCUT2D eigenvalue weighted by Crippen LogP contribution is 2.40. The third-order valence-electron chi connectivity index (χ3n) is 6.64. The summed E-state index contributed by atoms with van der Waals surface area (Å²) in [5.41, 5.74) is 6.42. The van der Waals surface area contributed by atoms with Gasteiger partial charge in [0.25, 0.3) is 11.8 Å². The van der Waals surface area contributed by atoms with Gasteiger partial charge in [0.15, 0.2) is 29.8 Å². The van der Waals surface area contributed by atoms with Crippen LogP contribution in [0.2, 0.25) is 4.34 Å². The quantitative estimate of drug-likeness (QED) is 0.0810. The molecule has 2 aromatic rings. The van der Waals surface area contributed by atoms with E-state index in [1.807, 2.05) is 29.1 Å². The van der Waals surface area contributed by atoms with Gasteiger partial charge in [0.1, 0.15) is 27.1 Å². The number of rotatable bonds is 11. The van der Waals surface area contributed by atoms with Crippen LogP contribution in [0.4, 0.5) is 10.8 Å². The van der Waals surface area contributed by atoms with Crippen LogP contribution in [0.5, 0.6) is 0 Å². The average molecular weight is 638 g/mol. The number of carboxylic acid groups (broad SMARTS) is 2. The molecule has 0 aliphatic carbocycles. The molecule has 2 fully saturated rings. The number of oxime groups is 1. The van der Waals surface area contributed by atoms with Crippen molar-refractivity contribution in [2.24, 2.45) is 5.16 Å². The van der Waals surface area contributed by atoms with Gasteiger partial charge in [-0.1, -0.05) is 28.1 Å². The zero-order valence-corrected chi connectivity index (χ0v) is 24.3. The molecule has 3 aliphatic rings. The van der Waals surface area contributed by atoms with Crippen LogP contribution in [-0.4, -0.2) is 92.0 Å². The highest BCUT2D eigenvalue weighted by molar-refractivity contribution is 8.00. The number of fused-ring (bicyclic) bond motifs is 1. The van der Waals surface area contributed by atoms with Crippen LogP contribution in [-0.2, 0) is 30.6 Å². The number of thioether (sulfide) groups is 1. The number of nitrogen functional groups attached to an aromatic ring is 1. The molecular weight excluding hydrogens is 612 g/mol. The first-order valence-electron chi connectivity index (χ1n) is 12.6. The number of halogens is 1. The van der Waals surface area contributed by atoms with E-state index < -0.39 is 47.0 Å². The summed E-state index contributed by atoms with van der Waals surface area (Å²) < 4.78 is 1.83. The van der Waals surface area contributed by atoms with Crippen molar-refractivity contribution in [3.05, 3.63) is 45.8 Å². The molecule has 2 saturated heterocycles. The Morgan fingerprint density at radius 3 is 2.62 bits per heavy atom. The summed E-state index contributed by atoms with van der Waals surface area (Å²) in [6.07, 6.45) is 2.27. The van der Waals surface area contributed by atoms with Crippen molar-refractivity contribution in [3.8, 4) is 0 Å². The molecule has 222 valence electrons. The fourth-order valence-electron chi connectivity index (χ4n) is 4.35. The van der Waals surface area contributed by atoms with E-state index in [1.54, 1.807) is 0 Å². The van der Waals surface area contributed by atoms with Gasteiger partial charge in [-0.3, -0.25) is 14.5 Å². The summed E-state index contributed by atoms with van der Waals surface area (Å²) in [4.78, 5) is 59.9. The second-order valence-corrected chi connectivity index (χ2v) is 12.3. The third kappa shape index (κ3) is 5.99. The first kappa shape index (κ1) is 29.6. The smallest absolute Gasteiger partial charge is 0.352 e. The number of hydrogen-bond acceptors (Lipinski definition) is 12. The molecule has 7 N–H and O–H groups in total. The van der Waals surface area contributed by atoms with Crippen molar-refractivity contribution >= 4 is 75.0 Å². The minimum atomic E-state index is -1.40. The number of aromatic nitrogens is 2. The molecule has 0 bridgehead atoms. The highest BCUT2D eigenvalue weighted by atomic mass is 35.5. The third-order valence-corrected chi connectivity index (χ3v) is 9.07. The monoisotopic (exact) mass is 637 g/mol. The minimum Gasteiger partial charge on any atom is -0.478 e. The molecule has 15 nitrogen and oxygen atoms in total. The summed E-state index contributed by atoms with van der Waals surface area (Å²) in [5, 5.41) is 31.2. The number of hydrogen-bond donors (Lipinski definition) is 6. The van der Waals surface area contributed by atoms with Crippen molar-refractivity contribution in [2.75, 3.05) is 29.9 Å². The summed E-state index contributed by atoms with van der Waals surface area (Å²) in [6.45, 7) is 3.25. The van der Waals surface area contributed by atoms with E-state index in [-0.39, 0.29) is 27.4 Å². The van der Waals surface area contributed by atoms with E-state index in [4.69, 9.17) is 27.3 Å². The standard InChI is InChI=1S/C24H25ClN8O7S2/c1-10(22(36)37)40-31-15(14-18(25)42-24(26)30-14)19(34)29-16-20(35)33-17(23(38)39)11(9-41-21(16)33)8-32-4-2-12(3-5-32)28-13-6-27-7-13/h2-5,10,13,16,21,27H,6-9H2,1H3,(H5,26,29,30,34,36,37,38,39)/p+1/b31-15-/t10-,16+,21+/m0/s1. The van der Waals surface area contributed by atoms with Gasteiger partial charge in [-0.05, 0) is 6.92 Å². The van der Waals surface area contributed by atoms with Gasteiger partial charge in [-0.2, -0.15) is 0 Å². The van der Waals surface area contributed by atoms with E-state index in [9.17, 15) is 24.3 Å². The summed E-state index contributed by atoms with van der Waals surface area (Å²) in [5.74, 6) is -3.83. The number of anilines is 2. The Kier molecular flexibility index (Phi) is 8.53. The maximum atomic E-state index is 13.2. The van der Waals surface area contributed by atoms with Crippen LogP contribution in [0, 0.1) is 0 Å². The Labute approximate surface area is 251 Å². The topological polar surface area (TPSA) is 212 Å². The van der Waals surface area contributed by atoms with Crippen molar-refractivity contribution in [3.63, 3.8) is 0 Å². The lowest BCUT2D eigenvalue weighted by Crippen LogP contribution is -2.71. The van der Waals surface area contributed by atoms with Crippen LogP contribution >= 0.6 is 34.7 Å². The maximum absolute atomic E-state index is 13.2.